The van der Waals surface area contributed by atoms with Gasteiger partial charge in [-0.25, -0.2) is 4.79 Å². The second-order valence-corrected chi connectivity index (χ2v) is 16.5. The maximum absolute atomic E-state index is 13.7. The van der Waals surface area contributed by atoms with Gasteiger partial charge in [0.05, 0.1) is 17.3 Å². The fourth-order valence-electron chi connectivity index (χ4n) is 4.00. The molecule has 0 aliphatic carbocycles. The first-order valence-corrected chi connectivity index (χ1v) is 15.4. The van der Waals surface area contributed by atoms with Crippen LogP contribution in [0.1, 0.15) is 50.5 Å². The van der Waals surface area contributed by atoms with E-state index in [0.717, 1.165) is 29.8 Å². The molecule has 0 N–H and O–H groups in total. The lowest BCUT2D eigenvalue weighted by Gasteiger charge is -2.36. The SMILES string of the molecule is CC(C)(C)OC(=O)N1CCCCC1C(=O)c1cc2ccccc2n1COCC[Si](C)(C)C. The van der Waals surface area contributed by atoms with E-state index in [-0.39, 0.29) is 5.78 Å². The van der Waals surface area contributed by atoms with Crippen molar-refractivity contribution in [1.82, 2.24) is 9.47 Å². The maximum Gasteiger partial charge on any atom is 0.410 e. The fourth-order valence-corrected chi connectivity index (χ4v) is 4.76. The molecule has 7 heteroatoms. The summed E-state index contributed by atoms with van der Waals surface area (Å²) in [5.74, 6) is -0.0412. The quantitative estimate of drug-likeness (QED) is 0.293. The Morgan fingerprint density at radius 2 is 1.84 bits per heavy atom. The van der Waals surface area contributed by atoms with Crippen molar-refractivity contribution in [3.63, 3.8) is 0 Å². The second-order valence-electron chi connectivity index (χ2n) is 10.9. The highest BCUT2D eigenvalue weighted by Gasteiger charge is 2.36. The standard InChI is InChI=1S/C25H38N2O4Si/c1-25(2,3)31-24(29)26-14-10-9-13-21(26)23(28)22-17-19-11-7-8-12-20(19)27(22)18-30-15-16-32(4,5)6/h7-8,11-12,17,21H,9-10,13-16,18H2,1-6H3. The zero-order chi connectivity index (χ0) is 23.5. The van der Waals surface area contributed by atoms with Crippen molar-refractivity contribution in [3.8, 4) is 0 Å². The van der Waals surface area contributed by atoms with Gasteiger partial charge in [0.15, 0.2) is 0 Å². The van der Waals surface area contributed by atoms with Crippen LogP contribution in [0.3, 0.4) is 0 Å². The number of aromatic nitrogens is 1. The van der Waals surface area contributed by atoms with Crippen molar-refractivity contribution >= 4 is 30.9 Å². The second kappa shape index (κ2) is 9.79. The van der Waals surface area contributed by atoms with Crippen LogP contribution < -0.4 is 0 Å². The zero-order valence-corrected chi connectivity index (χ0v) is 21.4. The van der Waals surface area contributed by atoms with Crippen LogP contribution in [0.25, 0.3) is 10.9 Å². The van der Waals surface area contributed by atoms with Gasteiger partial charge in [0.25, 0.3) is 0 Å². The van der Waals surface area contributed by atoms with Gasteiger partial charge in [-0.15, -0.1) is 0 Å². The molecule has 1 unspecified atom stereocenters. The van der Waals surface area contributed by atoms with Gasteiger partial charge >= 0.3 is 6.09 Å². The first kappa shape index (κ1) is 24.5. The number of carbonyl (C=O) groups is 2. The molecule has 2 aromatic rings. The van der Waals surface area contributed by atoms with Gasteiger partial charge in [0.1, 0.15) is 12.3 Å². The zero-order valence-electron chi connectivity index (χ0n) is 20.4. The number of hydrogen-bond acceptors (Lipinski definition) is 4. The molecule has 3 rings (SSSR count). The highest BCUT2D eigenvalue weighted by molar-refractivity contribution is 6.76. The number of Topliss-reactive ketones (excluding diaryl/α,β-unsaturated/α-hetero) is 1. The number of fused-ring (bicyclic) bond motifs is 1. The number of para-hydroxylation sites is 1. The molecule has 176 valence electrons. The average molecular weight is 459 g/mol. The largest absolute Gasteiger partial charge is 0.444 e. The molecular weight excluding hydrogens is 420 g/mol. The van der Waals surface area contributed by atoms with E-state index >= 15 is 0 Å². The number of ether oxygens (including phenoxy) is 2. The minimum atomic E-state index is -1.20. The molecule has 1 aromatic carbocycles. The molecule has 0 spiro atoms. The maximum atomic E-state index is 13.7. The van der Waals surface area contributed by atoms with Gasteiger partial charge in [0, 0.05) is 26.6 Å². The van der Waals surface area contributed by atoms with Crippen LogP contribution in [0, 0.1) is 0 Å². The van der Waals surface area contributed by atoms with Crippen LogP contribution in [0.2, 0.25) is 25.7 Å². The highest BCUT2D eigenvalue weighted by atomic mass is 28.3. The van der Waals surface area contributed by atoms with Crippen molar-refractivity contribution in [1.29, 1.82) is 0 Å². The predicted molar refractivity (Wildman–Crippen MR) is 131 cm³/mol. The molecule has 1 aliphatic rings. The number of amides is 1. The van der Waals surface area contributed by atoms with Crippen LogP contribution in [0.5, 0.6) is 0 Å². The number of likely N-dealkylation sites (tertiary alicyclic amines) is 1. The lowest BCUT2D eigenvalue weighted by Crippen LogP contribution is -2.50. The molecule has 0 saturated carbocycles. The van der Waals surface area contributed by atoms with Gasteiger partial charge in [-0.05, 0) is 58.2 Å². The molecular formula is C25H38N2O4Si. The Labute approximate surface area is 192 Å². The molecule has 6 nitrogen and oxygen atoms in total. The van der Waals surface area contributed by atoms with Crippen molar-refractivity contribution in [2.45, 2.75) is 84.1 Å². The molecule has 32 heavy (non-hydrogen) atoms. The summed E-state index contributed by atoms with van der Waals surface area (Å²) in [6, 6.07) is 10.5. The minimum absolute atomic E-state index is 0.0412. The van der Waals surface area contributed by atoms with Crippen molar-refractivity contribution in [2.75, 3.05) is 13.2 Å². The highest BCUT2D eigenvalue weighted by Crippen LogP contribution is 2.27. The first-order chi connectivity index (χ1) is 15.0. The van der Waals surface area contributed by atoms with E-state index in [1.54, 1.807) is 4.90 Å². The van der Waals surface area contributed by atoms with E-state index in [1.807, 2.05) is 55.7 Å². The van der Waals surface area contributed by atoms with Crippen molar-refractivity contribution < 1.29 is 19.1 Å². The van der Waals surface area contributed by atoms with Crippen LogP contribution in [-0.4, -0.2) is 54.2 Å². The molecule has 1 aromatic heterocycles. The van der Waals surface area contributed by atoms with E-state index in [1.165, 1.54) is 0 Å². The van der Waals surface area contributed by atoms with Crippen LogP contribution in [0.15, 0.2) is 30.3 Å². The van der Waals surface area contributed by atoms with Crippen molar-refractivity contribution in [3.05, 3.63) is 36.0 Å². The van der Waals surface area contributed by atoms with Gasteiger partial charge in [0.2, 0.25) is 5.78 Å². The lowest BCUT2D eigenvalue weighted by molar-refractivity contribution is 0.0101. The summed E-state index contributed by atoms with van der Waals surface area (Å²) in [4.78, 5) is 28.2. The summed E-state index contributed by atoms with van der Waals surface area (Å²) in [5, 5.41) is 1.00. The number of carbonyl (C=O) groups excluding carboxylic acids is 2. The van der Waals surface area contributed by atoms with Gasteiger partial charge < -0.3 is 14.0 Å². The first-order valence-electron chi connectivity index (χ1n) is 11.7. The Balaban J connectivity index is 1.86. The van der Waals surface area contributed by atoms with Gasteiger partial charge in [-0.2, -0.15) is 0 Å². The van der Waals surface area contributed by atoms with E-state index in [0.29, 0.717) is 32.0 Å². The summed E-state index contributed by atoms with van der Waals surface area (Å²) in [6.07, 6.45) is 2.04. The number of nitrogens with zero attached hydrogens (tertiary/aromatic N) is 2. The monoisotopic (exact) mass is 458 g/mol. The third-order valence-corrected chi connectivity index (χ3v) is 7.42. The number of piperidine rings is 1. The Kier molecular flexibility index (Phi) is 7.50. The van der Waals surface area contributed by atoms with E-state index < -0.39 is 25.8 Å². The Hall–Kier alpha value is -2.12. The molecule has 0 bridgehead atoms. The summed E-state index contributed by atoms with van der Waals surface area (Å²) in [6.45, 7) is 14.1. The number of rotatable bonds is 7. The lowest BCUT2D eigenvalue weighted by atomic mass is 9.97. The van der Waals surface area contributed by atoms with Crippen molar-refractivity contribution in [2.24, 2.45) is 0 Å². The third-order valence-electron chi connectivity index (χ3n) is 5.71. The molecule has 2 heterocycles. The predicted octanol–water partition coefficient (Wildman–Crippen LogP) is 5.93. The molecule has 1 atom stereocenters. The van der Waals surface area contributed by atoms with Crippen LogP contribution in [-0.2, 0) is 16.2 Å². The Morgan fingerprint density at radius 1 is 1.12 bits per heavy atom. The van der Waals surface area contributed by atoms with Crippen LogP contribution in [0.4, 0.5) is 4.79 Å². The number of benzene rings is 1. The summed E-state index contributed by atoms with van der Waals surface area (Å²) < 4.78 is 13.6. The van der Waals surface area contributed by atoms with Gasteiger partial charge in [-0.1, -0.05) is 37.8 Å². The molecule has 0 radical (unpaired) electrons. The number of hydrogen-bond donors (Lipinski definition) is 0. The molecule has 1 amide bonds. The molecule has 1 aliphatic heterocycles. The Bertz CT molecular complexity index is 955. The van der Waals surface area contributed by atoms with E-state index in [9.17, 15) is 9.59 Å². The van der Waals surface area contributed by atoms with E-state index in [4.69, 9.17) is 9.47 Å². The average Bonchev–Trinajstić information content (AvgIpc) is 3.07. The summed E-state index contributed by atoms with van der Waals surface area (Å²) >= 11 is 0. The Morgan fingerprint density at radius 3 is 2.53 bits per heavy atom. The molecule has 1 fully saturated rings. The normalized spacial score (nSPS) is 17.6. The third kappa shape index (κ3) is 6.22. The molecule has 1 saturated heterocycles. The van der Waals surface area contributed by atoms with Crippen LogP contribution >= 0.6 is 0 Å². The summed E-state index contributed by atoms with van der Waals surface area (Å²) in [7, 11) is -1.20. The number of ketones is 1. The van der Waals surface area contributed by atoms with E-state index in [2.05, 4.69) is 19.6 Å². The van der Waals surface area contributed by atoms with Gasteiger partial charge in [-0.3, -0.25) is 9.69 Å². The minimum Gasteiger partial charge on any atom is -0.444 e. The topological polar surface area (TPSA) is 60.8 Å². The smallest absolute Gasteiger partial charge is 0.410 e. The summed E-state index contributed by atoms with van der Waals surface area (Å²) in [5.41, 5.74) is 0.976. The fraction of sp³-hybridized carbons (Fsp3) is 0.600.